The summed E-state index contributed by atoms with van der Waals surface area (Å²) in [5.41, 5.74) is 5.32. The van der Waals surface area contributed by atoms with Crippen molar-refractivity contribution in [3.05, 3.63) is 90.5 Å². The van der Waals surface area contributed by atoms with Crippen LogP contribution in [0.2, 0.25) is 0 Å². The predicted molar refractivity (Wildman–Crippen MR) is 163 cm³/mol. The number of carbonyl (C=O) groups is 2. The molecule has 0 saturated carbocycles. The highest BCUT2D eigenvalue weighted by atomic mass is 16.7. The van der Waals surface area contributed by atoms with Crippen molar-refractivity contribution < 1.29 is 33.3 Å². The van der Waals surface area contributed by atoms with E-state index in [2.05, 4.69) is 25.3 Å². The van der Waals surface area contributed by atoms with Gasteiger partial charge in [0.2, 0.25) is 0 Å². The lowest BCUT2D eigenvalue weighted by molar-refractivity contribution is -0.163. The highest BCUT2D eigenvalue weighted by molar-refractivity contribution is 5.90. The molecule has 0 radical (unpaired) electrons. The molecule has 1 heterocycles. The highest BCUT2D eigenvalue weighted by Crippen LogP contribution is 2.41. The molecule has 0 aromatic heterocycles. The first-order valence-corrected chi connectivity index (χ1v) is 14.2. The Morgan fingerprint density at radius 3 is 1.79 bits per heavy atom. The molecule has 7 nitrogen and oxygen atoms in total. The second kappa shape index (κ2) is 14.6. The normalized spacial score (nSPS) is 14.6. The maximum Gasteiger partial charge on any atom is 0.338 e. The smallest absolute Gasteiger partial charge is 0.338 e. The van der Waals surface area contributed by atoms with Crippen molar-refractivity contribution in [2.75, 3.05) is 19.8 Å². The van der Waals surface area contributed by atoms with Gasteiger partial charge in [-0.05, 0) is 93.1 Å². The van der Waals surface area contributed by atoms with Gasteiger partial charge in [0, 0.05) is 35.3 Å². The average molecular weight is 571 g/mol. The summed E-state index contributed by atoms with van der Waals surface area (Å²) in [5.74, 6) is 0.645. The third kappa shape index (κ3) is 8.41. The van der Waals surface area contributed by atoms with Gasteiger partial charge < -0.3 is 23.7 Å². The van der Waals surface area contributed by atoms with Gasteiger partial charge in [-0.2, -0.15) is 0 Å². The van der Waals surface area contributed by atoms with Crippen molar-refractivity contribution in [3.63, 3.8) is 0 Å². The summed E-state index contributed by atoms with van der Waals surface area (Å²) < 4.78 is 28.8. The first-order valence-electron chi connectivity index (χ1n) is 14.2. The van der Waals surface area contributed by atoms with E-state index in [0.717, 1.165) is 53.7 Å². The van der Waals surface area contributed by atoms with Gasteiger partial charge >= 0.3 is 11.9 Å². The first-order chi connectivity index (χ1) is 20.2. The average Bonchev–Trinajstić information content (AvgIpc) is 2.98. The minimum atomic E-state index is -0.470. The molecule has 0 N–H and O–H groups in total. The minimum Gasteiger partial charge on any atom is -0.492 e. The van der Waals surface area contributed by atoms with Crippen LogP contribution < -0.4 is 14.2 Å². The molecule has 7 heteroatoms. The second-order valence-corrected chi connectivity index (χ2v) is 10.4. The zero-order valence-electron chi connectivity index (χ0n) is 24.6. The molecule has 0 aliphatic carbocycles. The molecule has 1 atom stereocenters. The number of hydrogen-bond acceptors (Lipinski definition) is 7. The molecule has 0 spiro atoms. The van der Waals surface area contributed by atoms with E-state index in [4.69, 9.17) is 23.7 Å². The van der Waals surface area contributed by atoms with Crippen LogP contribution in [0.3, 0.4) is 0 Å². The quantitative estimate of drug-likeness (QED) is 0.0960. The Labute approximate surface area is 247 Å². The Balaban J connectivity index is 1.60. The van der Waals surface area contributed by atoms with Gasteiger partial charge in [-0.3, -0.25) is 0 Å². The summed E-state index contributed by atoms with van der Waals surface area (Å²) in [6.07, 6.45) is 3.67. The molecule has 220 valence electrons. The Kier molecular flexibility index (Phi) is 10.7. The maximum atomic E-state index is 12.0. The lowest BCUT2D eigenvalue weighted by Gasteiger charge is -2.23. The van der Waals surface area contributed by atoms with Crippen molar-refractivity contribution >= 4 is 11.9 Å². The van der Waals surface area contributed by atoms with E-state index in [1.165, 1.54) is 0 Å². The third-order valence-corrected chi connectivity index (χ3v) is 6.66. The lowest BCUT2D eigenvalue weighted by atomic mass is 9.94. The molecule has 1 aliphatic heterocycles. The van der Waals surface area contributed by atoms with Crippen LogP contribution in [0, 0.1) is 6.92 Å². The van der Waals surface area contributed by atoms with Crippen LogP contribution in [0.1, 0.15) is 45.1 Å². The Hall–Kier alpha value is -4.20. The number of benzene rings is 3. The van der Waals surface area contributed by atoms with Gasteiger partial charge in [0.25, 0.3) is 0 Å². The van der Waals surface area contributed by atoms with E-state index >= 15 is 0 Å². The topological polar surface area (TPSA) is 80.3 Å². The monoisotopic (exact) mass is 570 g/mol. The summed E-state index contributed by atoms with van der Waals surface area (Å²) in [4.78, 5) is 23.9. The Morgan fingerprint density at radius 1 is 0.810 bits per heavy atom. The van der Waals surface area contributed by atoms with Crippen LogP contribution in [-0.4, -0.2) is 38.0 Å². The largest absolute Gasteiger partial charge is 0.492 e. The maximum absolute atomic E-state index is 12.0. The number of aryl methyl sites for hydroxylation is 1. The van der Waals surface area contributed by atoms with Gasteiger partial charge in [0.05, 0.1) is 13.2 Å². The summed E-state index contributed by atoms with van der Waals surface area (Å²) >= 11 is 0. The predicted octanol–water partition coefficient (Wildman–Crippen LogP) is 7.60. The molecule has 42 heavy (non-hydrogen) atoms. The standard InChI is InChI=1S/C35H38O7/c1-23(2)34(36)41-28-14-10-26(11-15-28)30-21-25(5)22-31(27-12-16-29(17-13-27)42-35(37)24(3)4)33(30)40-20-8-19-39-32-9-6-7-18-38-32/h10-17,21-22,32H,1,3,6-9,18-20H2,2,4-5H3. The SMILES string of the molecule is C=C(C)C(=O)Oc1ccc(-c2cc(C)cc(-c3ccc(OC(=O)C(=C)C)cc3)c2OCCCOC2CCCCO2)cc1. The molecular weight excluding hydrogens is 532 g/mol. The summed E-state index contributed by atoms with van der Waals surface area (Å²) in [6, 6.07) is 18.8. The molecule has 4 rings (SSSR count). The Bertz CT molecular complexity index is 1320. The molecule has 3 aromatic carbocycles. The van der Waals surface area contributed by atoms with Gasteiger partial charge in [0.15, 0.2) is 6.29 Å². The fraction of sp³-hybridized carbons (Fsp3) is 0.314. The minimum absolute atomic E-state index is 0.140. The van der Waals surface area contributed by atoms with Gasteiger partial charge in [-0.1, -0.05) is 37.4 Å². The zero-order chi connectivity index (χ0) is 30.1. The van der Waals surface area contributed by atoms with Crippen LogP contribution in [0.15, 0.2) is 85.0 Å². The van der Waals surface area contributed by atoms with Gasteiger partial charge in [-0.15, -0.1) is 0 Å². The van der Waals surface area contributed by atoms with Crippen LogP contribution >= 0.6 is 0 Å². The van der Waals surface area contributed by atoms with E-state index in [1.54, 1.807) is 38.1 Å². The highest BCUT2D eigenvalue weighted by Gasteiger charge is 2.17. The van der Waals surface area contributed by atoms with Gasteiger partial charge in [0.1, 0.15) is 17.2 Å². The number of carbonyl (C=O) groups excluding carboxylic acids is 2. The third-order valence-electron chi connectivity index (χ3n) is 6.66. The van der Waals surface area contributed by atoms with E-state index in [1.807, 2.05) is 31.2 Å². The van der Waals surface area contributed by atoms with Crippen molar-refractivity contribution in [1.29, 1.82) is 0 Å². The van der Waals surface area contributed by atoms with Crippen LogP contribution in [0.25, 0.3) is 22.3 Å². The van der Waals surface area contributed by atoms with Crippen molar-refractivity contribution in [3.8, 4) is 39.5 Å². The summed E-state index contributed by atoms with van der Waals surface area (Å²) in [7, 11) is 0. The van der Waals surface area contributed by atoms with Crippen LogP contribution in [0.5, 0.6) is 17.2 Å². The molecule has 3 aromatic rings. The van der Waals surface area contributed by atoms with E-state index in [0.29, 0.717) is 48.0 Å². The molecule has 1 saturated heterocycles. The fourth-order valence-electron chi connectivity index (χ4n) is 4.44. The summed E-state index contributed by atoms with van der Waals surface area (Å²) in [5, 5.41) is 0. The molecule has 0 amide bonds. The molecular formula is C35H38O7. The number of rotatable bonds is 12. The number of esters is 2. The first kappa shape index (κ1) is 30.8. The van der Waals surface area contributed by atoms with Crippen LogP contribution in [0.4, 0.5) is 0 Å². The van der Waals surface area contributed by atoms with E-state index < -0.39 is 11.9 Å². The Morgan fingerprint density at radius 2 is 1.33 bits per heavy atom. The molecule has 1 aliphatic rings. The fourth-order valence-corrected chi connectivity index (χ4v) is 4.44. The van der Waals surface area contributed by atoms with Crippen LogP contribution in [-0.2, 0) is 19.1 Å². The summed E-state index contributed by atoms with van der Waals surface area (Å²) in [6.45, 7) is 14.2. The van der Waals surface area contributed by atoms with E-state index in [-0.39, 0.29) is 6.29 Å². The van der Waals surface area contributed by atoms with Gasteiger partial charge in [-0.25, -0.2) is 9.59 Å². The molecule has 0 bridgehead atoms. The molecule has 1 fully saturated rings. The van der Waals surface area contributed by atoms with Crippen molar-refractivity contribution in [1.82, 2.24) is 0 Å². The zero-order valence-corrected chi connectivity index (χ0v) is 24.6. The lowest BCUT2D eigenvalue weighted by Crippen LogP contribution is -2.23. The number of ether oxygens (including phenoxy) is 5. The second-order valence-electron chi connectivity index (χ2n) is 10.4. The number of hydrogen-bond donors (Lipinski definition) is 0. The van der Waals surface area contributed by atoms with Crippen molar-refractivity contribution in [2.45, 2.75) is 52.7 Å². The van der Waals surface area contributed by atoms with E-state index in [9.17, 15) is 9.59 Å². The molecule has 1 unspecified atom stereocenters. The van der Waals surface area contributed by atoms with Crippen molar-refractivity contribution in [2.24, 2.45) is 0 Å².